The largest absolute Gasteiger partial charge is 0.367 e. The molecule has 0 radical (unpaired) electrons. The van der Waals surface area contributed by atoms with Gasteiger partial charge in [0.1, 0.15) is 5.82 Å². The summed E-state index contributed by atoms with van der Waals surface area (Å²) in [5.41, 5.74) is 6.90. The molecule has 0 bridgehead atoms. The number of halogens is 1. The van der Waals surface area contributed by atoms with Crippen molar-refractivity contribution in [3.05, 3.63) is 52.0 Å². The molecule has 1 aromatic heterocycles. The van der Waals surface area contributed by atoms with Crippen molar-refractivity contribution in [2.75, 3.05) is 11.9 Å². The highest BCUT2D eigenvalue weighted by atomic mass is 32.1. The molecule has 2 nitrogen and oxygen atoms in total. The van der Waals surface area contributed by atoms with Crippen LogP contribution in [-0.4, -0.2) is 7.05 Å². The summed E-state index contributed by atoms with van der Waals surface area (Å²) in [5.74, 6) is -0.216. The first-order valence-electron chi connectivity index (χ1n) is 5.42. The van der Waals surface area contributed by atoms with E-state index in [1.54, 1.807) is 17.4 Å². The van der Waals surface area contributed by atoms with Crippen LogP contribution in [0.15, 0.2) is 35.7 Å². The van der Waals surface area contributed by atoms with Gasteiger partial charge >= 0.3 is 0 Å². The quantitative estimate of drug-likeness (QED) is 0.904. The Morgan fingerprint density at radius 2 is 2.18 bits per heavy atom. The molecule has 2 rings (SSSR count). The fourth-order valence-electron chi connectivity index (χ4n) is 1.71. The van der Waals surface area contributed by atoms with Gasteiger partial charge in [0.05, 0.1) is 12.2 Å². The predicted octanol–water partition coefficient (Wildman–Crippen LogP) is 2.98. The van der Waals surface area contributed by atoms with Crippen LogP contribution in [0.2, 0.25) is 0 Å². The van der Waals surface area contributed by atoms with E-state index in [2.05, 4.69) is 0 Å². The molecule has 0 spiro atoms. The summed E-state index contributed by atoms with van der Waals surface area (Å²) in [7, 11) is 1.89. The maximum absolute atomic E-state index is 13.8. The molecule has 90 valence electrons. The van der Waals surface area contributed by atoms with Crippen LogP contribution in [0.25, 0.3) is 0 Å². The second-order valence-corrected chi connectivity index (χ2v) is 4.96. The number of benzene rings is 1. The summed E-state index contributed by atoms with van der Waals surface area (Å²) in [4.78, 5) is 3.12. The Morgan fingerprint density at radius 1 is 1.35 bits per heavy atom. The van der Waals surface area contributed by atoms with Gasteiger partial charge in [0.25, 0.3) is 0 Å². The average Bonchev–Trinajstić information content (AvgIpc) is 2.81. The standard InChI is InChI=1S/C13H15FN2S/c1-16(9-11-3-2-6-17-11)13-5-4-10(8-15)7-12(13)14/h2-7H,8-9,15H2,1H3. The summed E-state index contributed by atoms with van der Waals surface area (Å²) in [6.45, 7) is 1.09. The molecule has 0 amide bonds. The fourth-order valence-corrected chi connectivity index (χ4v) is 2.47. The smallest absolute Gasteiger partial charge is 0.146 e. The molecule has 0 atom stereocenters. The normalized spacial score (nSPS) is 10.5. The summed E-state index contributed by atoms with van der Waals surface area (Å²) in [6, 6.07) is 9.20. The van der Waals surface area contributed by atoms with E-state index in [0.717, 1.165) is 12.1 Å². The predicted molar refractivity (Wildman–Crippen MR) is 70.7 cm³/mol. The van der Waals surface area contributed by atoms with Gasteiger partial charge < -0.3 is 10.6 Å². The SMILES string of the molecule is CN(Cc1cccs1)c1ccc(CN)cc1F. The van der Waals surface area contributed by atoms with Crippen molar-refractivity contribution in [2.45, 2.75) is 13.1 Å². The van der Waals surface area contributed by atoms with Gasteiger partial charge in [-0.25, -0.2) is 4.39 Å². The van der Waals surface area contributed by atoms with Crippen LogP contribution >= 0.6 is 11.3 Å². The second-order valence-electron chi connectivity index (χ2n) is 3.93. The van der Waals surface area contributed by atoms with Crippen molar-refractivity contribution in [3.8, 4) is 0 Å². The first-order valence-corrected chi connectivity index (χ1v) is 6.30. The second kappa shape index (κ2) is 5.29. The Labute approximate surface area is 104 Å². The van der Waals surface area contributed by atoms with Crippen LogP contribution in [0.1, 0.15) is 10.4 Å². The lowest BCUT2D eigenvalue weighted by atomic mass is 10.2. The molecule has 0 aliphatic heterocycles. The molecular weight excluding hydrogens is 235 g/mol. The molecule has 0 aliphatic rings. The molecule has 17 heavy (non-hydrogen) atoms. The van der Waals surface area contributed by atoms with Crippen molar-refractivity contribution >= 4 is 17.0 Å². The van der Waals surface area contributed by atoms with Crippen molar-refractivity contribution in [3.63, 3.8) is 0 Å². The first-order chi connectivity index (χ1) is 8.20. The van der Waals surface area contributed by atoms with E-state index >= 15 is 0 Å². The van der Waals surface area contributed by atoms with Crippen LogP contribution < -0.4 is 10.6 Å². The number of rotatable bonds is 4. The van der Waals surface area contributed by atoms with Crippen LogP contribution in [0, 0.1) is 5.82 Å². The van der Waals surface area contributed by atoms with Gasteiger partial charge in [-0.1, -0.05) is 12.1 Å². The van der Waals surface area contributed by atoms with Crippen molar-refractivity contribution in [1.82, 2.24) is 0 Å². The molecule has 2 aromatic rings. The third-order valence-electron chi connectivity index (χ3n) is 2.63. The Morgan fingerprint density at radius 3 is 2.76 bits per heavy atom. The lowest BCUT2D eigenvalue weighted by Gasteiger charge is -2.19. The molecule has 1 aromatic carbocycles. The highest BCUT2D eigenvalue weighted by Gasteiger charge is 2.08. The fraction of sp³-hybridized carbons (Fsp3) is 0.231. The topological polar surface area (TPSA) is 29.3 Å². The summed E-state index contributed by atoms with van der Waals surface area (Å²) in [5, 5.41) is 2.02. The number of hydrogen-bond acceptors (Lipinski definition) is 3. The van der Waals surface area contributed by atoms with Gasteiger partial charge in [-0.05, 0) is 29.1 Å². The number of nitrogens with two attached hydrogens (primary N) is 1. The molecule has 1 heterocycles. The molecule has 0 aliphatic carbocycles. The van der Waals surface area contributed by atoms with Gasteiger partial charge in [-0.2, -0.15) is 0 Å². The number of hydrogen-bond donors (Lipinski definition) is 1. The van der Waals surface area contributed by atoms with Crippen molar-refractivity contribution < 1.29 is 4.39 Å². The Balaban J connectivity index is 2.16. The van der Waals surface area contributed by atoms with E-state index in [9.17, 15) is 4.39 Å². The van der Waals surface area contributed by atoms with Gasteiger partial charge in [0.15, 0.2) is 0 Å². The van der Waals surface area contributed by atoms with Gasteiger partial charge in [-0.15, -0.1) is 11.3 Å². The minimum atomic E-state index is -0.216. The highest BCUT2D eigenvalue weighted by Crippen LogP contribution is 2.22. The third-order valence-corrected chi connectivity index (χ3v) is 3.49. The van der Waals surface area contributed by atoms with Crippen molar-refractivity contribution in [2.24, 2.45) is 5.73 Å². The molecule has 2 N–H and O–H groups in total. The highest BCUT2D eigenvalue weighted by molar-refractivity contribution is 7.09. The van der Waals surface area contributed by atoms with Gasteiger partial charge in [0.2, 0.25) is 0 Å². The van der Waals surface area contributed by atoms with Gasteiger partial charge in [0, 0.05) is 18.5 Å². The molecule has 0 saturated carbocycles. The Kier molecular flexibility index (Phi) is 3.76. The number of anilines is 1. The van der Waals surface area contributed by atoms with E-state index in [1.807, 2.05) is 35.5 Å². The van der Waals surface area contributed by atoms with E-state index in [-0.39, 0.29) is 5.82 Å². The van der Waals surface area contributed by atoms with E-state index in [1.165, 1.54) is 10.9 Å². The molecule has 0 fully saturated rings. The van der Waals surface area contributed by atoms with Crippen LogP contribution in [0.4, 0.5) is 10.1 Å². The zero-order valence-corrected chi connectivity index (χ0v) is 10.5. The Bertz CT molecular complexity index is 482. The number of nitrogens with zero attached hydrogens (tertiary/aromatic N) is 1. The molecule has 0 saturated heterocycles. The maximum atomic E-state index is 13.8. The molecule has 4 heteroatoms. The monoisotopic (exact) mass is 250 g/mol. The minimum absolute atomic E-state index is 0.216. The first kappa shape index (κ1) is 12.1. The van der Waals surface area contributed by atoms with E-state index in [0.29, 0.717) is 12.2 Å². The molecular formula is C13H15FN2S. The lowest BCUT2D eigenvalue weighted by molar-refractivity contribution is 0.620. The van der Waals surface area contributed by atoms with E-state index in [4.69, 9.17) is 5.73 Å². The number of thiophene rings is 1. The zero-order valence-electron chi connectivity index (χ0n) is 9.69. The lowest BCUT2D eigenvalue weighted by Crippen LogP contribution is -2.17. The molecule has 0 unspecified atom stereocenters. The maximum Gasteiger partial charge on any atom is 0.146 e. The minimum Gasteiger partial charge on any atom is -0.367 e. The van der Waals surface area contributed by atoms with Crippen LogP contribution in [-0.2, 0) is 13.1 Å². The summed E-state index contributed by atoms with van der Waals surface area (Å²) >= 11 is 1.68. The third kappa shape index (κ3) is 2.84. The van der Waals surface area contributed by atoms with Crippen molar-refractivity contribution in [1.29, 1.82) is 0 Å². The van der Waals surface area contributed by atoms with E-state index < -0.39 is 0 Å². The van der Waals surface area contributed by atoms with Crippen LogP contribution in [0.3, 0.4) is 0 Å². The summed E-state index contributed by atoms with van der Waals surface area (Å²) in [6.07, 6.45) is 0. The summed E-state index contributed by atoms with van der Waals surface area (Å²) < 4.78 is 13.8. The zero-order chi connectivity index (χ0) is 12.3. The average molecular weight is 250 g/mol. The van der Waals surface area contributed by atoms with Gasteiger partial charge in [-0.3, -0.25) is 0 Å². The van der Waals surface area contributed by atoms with Crippen LogP contribution in [0.5, 0.6) is 0 Å². The Hall–Kier alpha value is -1.39.